The van der Waals surface area contributed by atoms with Gasteiger partial charge in [0, 0.05) is 5.56 Å². The number of carbonyl (C=O) groups excluding carboxylic acids is 1. The van der Waals surface area contributed by atoms with Crippen LogP contribution in [0.3, 0.4) is 0 Å². The van der Waals surface area contributed by atoms with E-state index in [0.717, 1.165) is 66.9 Å². The second kappa shape index (κ2) is 7.80. The van der Waals surface area contributed by atoms with Gasteiger partial charge in [-0.25, -0.2) is 0 Å². The molecule has 1 aromatic heterocycles. The summed E-state index contributed by atoms with van der Waals surface area (Å²) >= 11 is 7.65. The average Bonchev–Trinajstić information content (AvgIpc) is 3.16. The van der Waals surface area contributed by atoms with E-state index in [0.29, 0.717) is 10.6 Å². The Labute approximate surface area is 167 Å². The van der Waals surface area contributed by atoms with Crippen LogP contribution in [0.5, 0.6) is 0 Å². The molecule has 0 bridgehead atoms. The Bertz CT molecular complexity index is 968. The number of hydrogen-bond acceptors (Lipinski definition) is 5. The SMILES string of the molecule is CC[NH+]1CCN(c2c(Cl)cccc2NC(=O)c2ccc3nsnc3c2)CC1. The highest BCUT2D eigenvalue weighted by molar-refractivity contribution is 7.00. The van der Waals surface area contributed by atoms with Crippen molar-refractivity contribution >= 4 is 51.6 Å². The number of hydrogen-bond donors (Lipinski definition) is 2. The number of piperazine rings is 1. The predicted molar refractivity (Wildman–Crippen MR) is 110 cm³/mol. The van der Waals surface area contributed by atoms with Crippen LogP contribution in [0.25, 0.3) is 11.0 Å². The molecule has 3 aromatic rings. The molecule has 0 spiro atoms. The van der Waals surface area contributed by atoms with E-state index in [4.69, 9.17) is 11.6 Å². The zero-order valence-corrected chi connectivity index (χ0v) is 16.6. The molecule has 2 N–H and O–H groups in total. The van der Waals surface area contributed by atoms with Gasteiger partial charge in [0.15, 0.2) is 0 Å². The first-order chi connectivity index (χ1) is 13.2. The smallest absolute Gasteiger partial charge is 0.255 e. The van der Waals surface area contributed by atoms with E-state index >= 15 is 0 Å². The molecule has 1 fully saturated rings. The Kier molecular flexibility index (Phi) is 5.24. The van der Waals surface area contributed by atoms with Crippen molar-refractivity contribution in [3.05, 3.63) is 47.0 Å². The van der Waals surface area contributed by atoms with Gasteiger partial charge < -0.3 is 15.1 Å². The number of quaternary nitrogens is 1. The molecular formula is C19H21ClN5OS+. The minimum Gasteiger partial charge on any atom is -0.357 e. The molecular weight excluding hydrogens is 382 g/mol. The lowest BCUT2D eigenvalue weighted by molar-refractivity contribution is -0.898. The molecule has 0 unspecified atom stereocenters. The molecule has 0 atom stereocenters. The van der Waals surface area contributed by atoms with E-state index in [2.05, 4.69) is 25.9 Å². The summed E-state index contributed by atoms with van der Waals surface area (Å²) in [5, 5.41) is 3.69. The molecule has 4 rings (SSSR count). The number of fused-ring (bicyclic) bond motifs is 1. The third kappa shape index (κ3) is 3.76. The molecule has 2 aromatic carbocycles. The number of aromatic nitrogens is 2. The Morgan fingerprint density at radius 1 is 1.22 bits per heavy atom. The molecule has 0 aliphatic carbocycles. The first-order valence-electron chi connectivity index (χ1n) is 9.06. The standard InChI is InChI=1S/C19H20ClN5OS/c1-2-24-8-10-25(11-9-24)18-14(20)4-3-5-16(18)21-19(26)13-6-7-15-17(12-13)23-27-22-15/h3-7,12H,2,8-11H2,1H3,(H,21,26)/p+1. The van der Waals surface area contributed by atoms with Crippen LogP contribution in [0.2, 0.25) is 5.02 Å². The molecule has 27 heavy (non-hydrogen) atoms. The van der Waals surface area contributed by atoms with Crippen molar-refractivity contribution in [3.63, 3.8) is 0 Å². The summed E-state index contributed by atoms with van der Waals surface area (Å²) < 4.78 is 8.38. The van der Waals surface area contributed by atoms with Crippen molar-refractivity contribution < 1.29 is 9.69 Å². The summed E-state index contributed by atoms with van der Waals surface area (Å²) in [4.78, 5) is 16.7. The molecule has 1 aliphatic rings. The highest BCUT2D eigenvalue weighted by Crippen LogP contribution is 2.34. The van der Waals surface area contributed by atoms with E-state index in [1.54, 1.807) is 17.0 Å². The van der Waals surface area contributed by atoms with Gasteiger partial charge in [0.1, 0.15) is 11.0 Å². The number of nitrogens with one attached hydrogen (secondary N) is 2. The summed E-state index contributed by atoms with van der Waals surface area (Å²) in [7, 11) is 0. The van der Waals surface area contributed by atoms with Crippen LogP contribution in [0.1, 0.15) is 17.3 Å². The summed E-state index contributed by atoms with van der Waals surface area (Å²) in [6, 6.07) is 11.0. The predicted octanol–water partition coefficient (Wildman–Crippen LogP) is 2.32. The van der Waals surface area contributed by atoms with Crippen LogP contribution >= 0.6 is 23.3 Å². The lowest BCUT2D eigenvalue weighted by Gasteiger charge is -2.34. The lowest BCUT2D eigenvalue weighted by Crippen LogP contribution is -3.14. The maximum absolute atomic E-state index is 12.8. The van der Waals surface area contributed by atoms with E-state index in [9.17, 15) is 4.79 Å². The molecule has 140 valence electrons. The summed E-state index contributed by atoms with van der Waals surface area (Å²) in [6.07, 6.45) is 0. The largest absolute Gasteiger partial charge is 0.357 e. The fraction of sp³-hybridized carbons (Fsp3) is 0.316. The van der Waals surface area contributed by atoms with Crippen LogP contribution in [0, 0.1) is 0 Å². The zero-order chi connectivity index (χ0) is 18.8. The first kappa shape index (κ1) is 18.2. The fourth-order valence-corrected chi connectivity index (χ4v) is 4.27. The number of carbonyl (C=O) groups is 1. The van der Waals surface area contributed by atoms with Crippen molar-refractivity contribution in [2.45, 2.75) is 6.92 Å². The Morgan fingerprint density at radius 3 is 2.78 bits per heavy atom. The Hall–Kier alpha value is -2.22. The second-order valence-corrected chi connectivity index (χ2v) is 7.58. The van der Waals surface area contributed by atoms with Crippen LogP contribution in [-0.2, 0) is 0 Å². The molecule has 0 radical (unpaired) electrons. The van der Waals surface area contributed by atoms with E-state index in [1.165, 1.54) is 0 Å². The van der Waals surface area contributed by atoms with Crippen molar-refractivity contribution in [1.29, 1.82) is 0 Å². The number of anilines is 2. The summed E-state index contributed by atoms with van der Waals surface area (Å²) in [5.74, 6) is -0.175. The Balaban J connectivity index is 1.58. The molecule has 1 saturated heterocycles. The lowest BCUT2D eigenvalue weighted by atomic mass is 10.1. The maximum Gasteiger partial charge on any atom is 0.255 e. The number of benzene rings is 2. The summed E-state index contributed by atoms with van der Waals surface area (Å²) in [5.41, 5.74) is 3.73. The van der Waals surface area contributed by atoms with Gasteiger partial charge in [0.25, 0.3) is 5.91 Å². The topological polar surface area (TPSA) is 62.6 Å². The van der Waals surface area contributed by atoms with Gasteiger partial charge in [-0.05, 0) is 37.3 Å². The second-order valence-electron chi connectivity index (χ2n) is 6.65. The fourth-order valence-electron chi connectivity index (χ4n) is 3.46. The van der Waals surface area contributed by atoms with Gasteiger partial charge in [0.05, 0.1) is 60.8 Å². The Morgan fingerprint density at radius 2 is 2.00 bits per heavy atom. The van der Waals surface area contributed by atoms with E-state index in [-0.39, 0.29) is 5.91 Å². The number of amides is 1. The van der Waals surface area contributed by atoms with E-state index in [1.807, 2.05) is 24.3 Å². The minimum absolute atomic E-state index is 0.175. The highest BCUT2D eigenvalue weighted by Gasteiger charge is 2.23. The van der Waals surface area contributed by atoms with Gasteiger partial charge in [-0.15, -0.1) is 0 Å². The maximum atomic E-state index is 12.8. The quantitative estimate of drug-likeness (QED) is 0.703. The van der Waals surface area contributed by atoms with Crippen LogP contribution in [0.15, 0.2) is 36.4 Å². The van der Waals surface area contributed by atoms with Crippen LogP contribution < -0.4 is 15.1 Å². The van der Waals surface area contributed by atoms with Crippen molar-refractivity contribution in [2.24, 2.45) is 0 Å². The van der Waals surface area contributed by atoms with Crippen molar-refractivity contribution in [3.8, 4) is 0 Å². The van der Waals surface area contributed by atoms with Crippen LogP contribution in [-0.4, -0.2) is 47.4 Å². The molecule has 1 amide bonds. The third-order valence-corrected chi connectivity index (χ3v) is 5.90. The minimum atomic E-state index is -0.175. The van der Waals surface area contributed by atoms with Crippen LogP contribution in [0.4, 0.5) is 11.4 Å². The third-order valence-electron chi connectivity index (χ3n) is 5.04. The number of likely N-dealkylation sites (N-methyl/N-ethyl adjacent to an activating group) is 1. The molecule has 6 nitrogen and oxygen atoms in total. The monoisotopic (exact) mass is 402 g/mol. The molecule has 1 aliphatic heterocycles. The molecule has 8 heteroatoms. The highest BCUT2D eigenvalue weighted by atomic mass is 35.5. The number of nitrogens with zero attached hydrogens (tertiary/aromatic N) is 3. The van der Waals surface area contributed by atoms with Gasteiger partial charge in [-0.2, -0.15) is 8.75 Å². The molecule has 2 heterocycles. The first-order valence-corrected chi connectivity index (χ1v) is 10.2. The van der Waals surface area contributed by atoms with Gasteiger partial charge in [-0.3, -0.25) is 4.79 Å². The van der Waals surface area contributed by atoms with Crippen molar-refractivity contribution in [2.75, 3.05) is 42.9 Å². The van der Waals surface area contributed by atoms with Gasteiger partial charge >= 0.3 is 0 Å². The number of rotatable bonds is 4. The van der Waals surface area contributed by atoms with E-state index < -0.39 is 0 Å². The zero-order valence-electron chi connectivity index (χ0n) is 15.0. The summed E-state index contributed by atoms with van der Waals surface area (Å²) in [6.45, 7) is 7.33. The van der Waals surface area contributed by atoms with Gasteiger partial charge in [0.2, 0.25) is 0 Å². The van der Waals surface area contributed by atoms with Gasteiger partial charge in [-0.1, -0.05) is 17.7 Å². The number of para-hydroxylation sites is 1. The molecule has 0 saturated carbocycles. The average molecular weight is 403 g/mol. The van der Waals surface area contributed by atoms with Crippen molar-refractivity contribution in [1.82, 2.24) is 8.75 Å². The number of halogens is 1. The normalized spacial score (nSPS) is 15.3.